The van der Waals surface area contributed by atoms with Crippen LogP contribution in [0, 0.1) is 18.3 Å². The van der Waals surface area contributed by atoms with Crippen molar-refractivity contribution in [2.24, 2.45) is 0 Å². The van der Waals surface area contributed by atoms with Crippen molar-refractivity contribution < 1.29 is 4.79 Å². The van der Waals surface area contributed by atoms with Crippen LogP contribution in [0.3, 0.4) is 0 Å². The smallest absolute Gasteiger partial charge is 0.160 e. The van der Waals surface area contributed by atoms with Crippen molar-refractivity contribution in [3.63, 3.8) is 0 Å². The molecule has 0 aliphatic rings. The molecule has 2 heteroatoms. The average molecular weight is 171 g/mol. The van der Waals surface area contributed by atoms with E-state index in [1.54, 1.807) is 6.08 Å². The molecule has 1 aromatic carbocycles. The van der Waals surface area contributed by atoms with Crippen molar-refractivity contribution in [2.45, 2.75) is 6.92 Å². The van der Waals surface area contributed by atoms with Crippen molar-refractivity contribution in [3.05, 3.63) is 41.0 Å². The van der Waals surface area contributed by atoms with Gasteiger partial charge in [-0.25, -0.2) is 0 Å². The molecule has 13 heavy (non-hydrogen) atoms. The number of aryl methyl sites for hydroxylation is 1. The largest absolute Gasteiger partial charge is 0.297 e. The Morgan fingerprint density at radius 3 is 2.69 bits per heavy atom. The number of allylic oxidation sites excluding steroid dienone is 1. The first-order chi connectivity index (χ1) is 6.27. The van der Waals surface area contributed by atoms with E-state index in [1.165, 1.54) is 0 Å². The summed E-state index contributed by atoms with van der Waals surface area (Å²) in [6.07, 6.45) is 2.15. The van der Waals surface area contributed by atoms with Crippen LogP contribution in [0.2, 0.25) is 0 Å². The Bertz CT molecular complexity index is 385. The van der Waals surface area contributed by atoms with Crippen LogP contribution < -0.4 is 0 Å². The van der Waals surface area contributed by atoms with E-state index >= 15 is 0 Å². The quantitative estimate of drug-likeness (QED) is 0.388. The fourth-order valence-corrected chi connectivity index (χ4v) is 1.01. The van der Waals surface area contributed by atoms with Gasteiger partial charge in [0.15, 0.2) is 6.29 Å². The Hall–Kier alpha value is -1.88. The van der Waals surface area contributed by atoms with Crippen LogP contribution in [-0.4, -0.2) is 6.29 Å². The Morgan fingerprint density at radius 2 is 2.15 bits per heavy atom. The van der Waals surface area contributed by atoms with Crippen molar-refractivity contribution in [2.75, 3.05) is 0 Å². The van der Waals surface area contributed by atoms with E-state index < -0.39 is 0 Å². The van der Waals surface area contributed by atoms with Crippen molar-refractivity contribution in [3.8, 4) is 6.07 Å². The zero-order valence-corrected chi connectivity index (χ0v) is 7.32. The third-order valence-electron chi connectivity index (χ3n) is 1.76. The van der Waals surface area contributed by atoms with Crippen LogP contribution in [0.25, 0.3) is 6.08 Å². The Kier molecular flexibility index (Phi) is 2.99. The molecule has 0 spiro atoms. The van der Waals surface area contributed by atoms with Crippen LogP contribution in [-0.2, 0) is 4.79 Å². The van der Waals surface area contributed by atoms with Gasteiger partial charge in [0.2, 0.25) is 0 Å². The van der Waals surface area contributed by atoms with E-state index in [-0.39, 0.29) is 5.57 Å². The van der Waals surface area contributed by atoms with E-state index in [2.05, 4.69) is 0 Å². The molecule has 0 heterocycles. The van der Waals surface area contributed by atoms with Crippen LogP contribution >= 0.6 is 0 Å². The summed E-state index contributed by atoms with van der Waals surface area (Å²) in [4.78, 5) is 10.4. The predicted molar refractivity (Wildman–Crippen MR) is 50.8 cm³/mol. The number of nitriles is 1. The minimum absolute atomic E-state index is 0.148. The lowest BCUT2D eigenvalue weighted by molar-refractivity contribution is -0.104. The number of benzene rings is 1. The molecule has 1 rings (SSSR count). The lowest BCUT2D eigenvalue weighted by Gasteiger charge is -1.97. The molecule has 0 aliphatic heterocycles. The normalized spacial score (nSPS) is 10.6. The SMILES string of the molecule is Cc1ccccc1C=C(C#N)C=O. The van der Waals surface area contributed by atoms with Gasteiger partial charge in [0.05, 0.1) is 5.57 Å². The second-order valence-electron chi connectivity index (χ2n) is 2.69. The monoisotopic (exact) mass is 171 g/mol. The molecule has 0 radical (unpaired) electrons. The average Bonchev–Trinajstić information content (AvgIpc) is 2.17. The van der Waals surface area contributed by atoms with Crippen molar-refractivity contribution >= 4 is 12.4 Å². The predicted octanol–water partition coefficient (Wildman–Crippen LogP) is 2.10. The minimum Gasteiger partial charge on any atom is -0.297 e. The van der Waals surface area contributed by atoms with E-state index in [1.807, 2.05) is 37.3 Å². The lowest BCUT2D eigenvalue weighted by Crippen LogP contribution is -1.83. The van der Waals surface area contributed by atoms with Gasteiger partial charge in [-0.05, 0) is 24.1 Å². The molecule has 1 aromatic rings. The standard InChI is InChI=1S/C11H9NO/c1-9-4-2-3-5-11(9)6-10(7-12)8-13/h2-6,8H,1H3. The highest BCUT2D eigenvalue weighted by Gasteiger charge is 1.95. The number of hydrogen-bond donors (Lipinski definition) is 0. The molecular formula is C11H9NO. The van der Waals surface area contributed by atoms with Crippen LogP contribution in [0.15, 0.2) is 29.8 Å². The van der Waals surface area contributed by atoms with Gasteiger partial charge in [0, 0.05) is 0 Å². The number of rotatable bonds is 2. The zero-order chi connectivity index (χ0) is 9.68. The number of nitrogens with zero attached hydrogens (tertiary/aromatic N) is 1. The molecular weight excluding hydrogens is 162 g/mol. The first-order valence-electron chi connectivity index (χ1n) is 3.90. The van der Waals surface area contributed by atoms with Gasteiger partial charge in [-0.3, -0.25) is 4.79 Å². The zero-order valence-electron chi connectivity index (χ0n) is 7.32. The molecule has 0 unspecified atom stereocenters. The number of carbonyl (C=O) groups is 1. The molecule has 0 amide bonds. The molecule has 64 valence electrons. The summed E-state index contributed by atoms with van der Waals surface area (Å²) < 4.78 is 0. The summed E-state index contributed by atoms with van der Waals surface area (Å²) in [6, 6.07) is 9.42. The maximum atomic E-state index is 10.4. The van der Waals surface area contributed by atoms with Gasteiger partial charge >= 0.3 is 0 Å². The van der Waals surface area contributed by atoms with E-state index in [0.717, 1.165) is 11.1 Å². The molecule has 2 nitrogen and oxygen atoms in total. The lowest BCUT2D eigenvalue weighted by atomic mass is 10.1. The highest BCUT2D eigenvalue weighted by Crippen LogP contribution is 2.10. The summed E-state index contributed by atoms with van der Waals surface area (Å²) >= 11 is 0. The maximum Gasteiger partial charge on any atom is 0.160 e. The molecule has 0 aromatic heterocycles. The minimum atomic E-state index is 0.148. The third kappa shape index (κ3) is 2.28. The fourth-order valence-electron chi connectivity index (χ4n) is 1.01. The van der Waals surface area contributed by atoms with E-state index in [9.17, 15) is 4.79 Å². The fraction of sp³-hybridized carbons (Fsp3) is 0.0909. The van der Waals surface area contributed by atoms with Crippen LogP contribution in [0.5, 0.6) is 0 Å². The summed E-state index contributed by atoms with van der Waals surface area (Å²) in [5, 5.41) is 8.53. The topological polar surface area (TPSA) is 40.9 Å². The van der Waals surface area contributed by atoms with E-state index in [4.69, 9.17) is 5.26 Å². The number of carbonyl (C=O) groups excluding carboxylic acids is 1. The van der Waals surface area contributed by atoms with Gasteiger partial charge in [0.25, 0.3) is 0 Å². The van der Waals surface area contributed by atoms with Gasteiger partial charge in [-0.15, -0.1) is 0 Å². The molecule has 0 saturated carbocycles. The molecule has 0 bridgehead atoms. The first kappa shape index (κ1) is 9.21. The number of hydrogen-bond acceptors (Lipinski definition) is 2. The second-order valence-corrected chi connectivity index (χ2v) is 2.69. The summed E-state index contributed by atoms with van der Waals surface area (Å²) in [7, 11) is 0. The summed E-state index contributed by atoms with van der Waals surface area (Å²) in [5.41, 5.74) is 2.11. The Morgan fingerprint density at radius 1 is 1.46 bits per heavy atom. The van der Waals surface area contributed by atoms with E-state index in [0.29, 0.717) is 6.29 Å². The second kappa shape index (κ2) is 4.22. The highest BCUT2D eigenvalue weighted by molar-refractivity contribution is 5.87. The molecule has 0 fully saturated rings. The van der Waals surface area contributed by atoms with Crippen LogP contribution in [0.4, 0.5) is 0 Å². The van der Waals surface area contributed by atoms with Gasteiger partial charge in [-0.2, -0.15) is 5.26 Å². The van der Waals surface area contributed by atoms with Crippen molar-refractivity contribution in [1.29, 1.82) is 5.26 Å². The molecule has 0 N–H and O–H groups in total. The van der Waals surface area contributed by atoms with Gasteiger partial charge in [0.1, 0.15) is 6.07 Å². The first-order valence-corrected chi connectivity index (χ1v) is 3.90. The highest BCUT2D eigenvalue weighted by atomic mass is 16.1. The Labute approximate surface area is 77.1 Å². The maximum absolute atomic E-state index is 10.4. The molecule has 0 atom stereocenters. The third-order valence-corrected chi connectivity index (χ3v) is 1.76. The number of aldehydes is 1. The summed E-state index contributed by atoms with van der Waals surface area (Å²) in [6.45, 7) is 1.94. The Balaban J connectivity index is 3.11. The summed E-state index contributed by atoms with van der Waals surface area (Å²) in [5.74, 6) is 0. The molecule has 0 aliphatic carbocycles. The van der Waals surface area contributed by atoms with Crippen molar-refractivity contribution in [1.82, 2.24) is 0 Å². The van der Waals surface area contributed by atoms with Gasteiger partial charge < -0.3 is 0 Å². The molecule has 0 saturated heterocycles. The van der Waals surface area contributed by atoms with Crippen LogP contribution in [0.1, 0.15) is 11.1 Å². The van der Waals surface area contributed by atoms with Gasteiger partial charge in [-0.1, -0.05) is 24.3 Å².